The van der Waals surface area contributed by atoms with Crippen LogP contribution in [-0.4, -0.2) is 34.9 Å². The van der Waals surface area contributed by atoms with Gasteiger partial charge in [-0.1, -0.05) is 60.3 Å². The summed E-state index contributed by atoms with van der Waals surface area (Å²) < 4.78 is 14.4. The van der Waals surface area contributed by atoms with E-state index < -0.39 is 0 Å². The number of hydrogen-bond donors (Lipinski definition) is 0. The normalized spacial score (nSPS) is 10.9. The molecule has 52 heavy (non-hydrogen) atoms. The van der Waals surface area contributed by atoms with E-state index in [0.717, 1.165) is 44.4 Å². The molecule has 0 saturated heterocycles. The summed E-state index contributed by atoms with van der Waals surface area (Å²) in [7, 11) is 0. The molecule has 11 heteroatoms. The number of aryl methyl sites for hydroxylation is 2. The summed E-state index contributed by atoms with van der Waals surface area (Å²) in [6.45, 7) is 8.06. The van der Waals surface area contributed by atoms with Crippen LogP contribution in [0.25, 0.3) is 50.3 Å². The van der Waals surface area contributed by atoms with Crippen molar-refractivity contribution in [2.24, 2.45) is 0 Å². The molecule has 0 radical (unpaired) electrons. The van der Waals surface area contributed by atoms with Gasteiger partial charge in [0.2, 0.25) is 0 Å². The summed E-state index contributed by atoms with van der Waals surface area (Å²) in [5, 5.41) is 19.4. The van der Waals surface area contributed by atoms with Crippen LogP contribution in [0.15, 0.2) is 97.3 Å². The van der Waals surface area contributed by atoms with Crippen LogP contribution in [-0.2, 0) is 40.8 Å². The maximum absolute atomic E-state index is 6.31. The summed E-state index contributed by atoms with van der Waals surface area (Å²) in [5.41, 5.74) is 6.87. The van der Waals surface area contributed by atoms with Crippen LogP contribution in [0, 0.1) is 38.1 Å². The molecule has 0 aliphatic carbocycles. The topological polar surface area (TPSA) is 101 Å². The van der Waals surface area contributed by atoms with Crippen molar-refractivity contribution in [3.05, 3.63) is 139 Å². The van der Waals surface area contributed by atoms with Crippen molar-refractivity contribution < 1.29 is 50.3 Å². The predicted octanol–water partition coefficient (Wildman–Crippen LogP) is 9.01. The third kappa shape index (κ3) is 7.55. The Hall–Kier alpha value is -5.16. The van der Waals surface area contributed by atoms with Crippen LogP contribution in [0.3, 0.4) is 0 Å². The van der Waals surface area contributed by atoms with Gasteiger partial charge in [-0.05, 0) is 37.4 Å². The Kier molecular flexibility index (Phi) is 11.0. The van der Waals surface area contributed by atoms with Gasteiger partial charge in [-0.25, -0.2) is 0 Å². The van der Waals surface area contributed by atoms with Crippen LogP contribution in [0.2, 0.25) is 0 Å². The molecule has 0 amide bonds. The molecule has 4 aromatic heterocycles. The van der Waals surface area contributed by atoms with Gasteiger partial charge in [0.1, 0.15) is 0 Å². The van der Waals surface area contributed by atoms with Gasteiger partial charge >= 0.3 is 40.8 Å². The molecule has 4 heterocycles. The second-order valence-electron chi connectivity index (χ2n) is 12.2. The smallest absolute Gasteiger partial charge is 0.503 e. The minimum atomic E-state index is 0. The Bertz CT molecular complexity index is 2370. The van der Waals surface area contributed by atoms with Gasteiger partial charge < -0.3 is 24.0 Å². The number of benzene rings is 4. The molecular weight excluding hydrogens is 835 g/mol. The molecule has 0 aliphatic heterocycles. The van der Waals surface area contributed by atoms with Crippen molar-refractivity contribution in [1.82, 2.24) is 34.9 Å². The van der Waals surface area contributed by atoms with Crippen molar-refractivity contribution in [3.63, 3.8) is 0 Å². The third-order valence-electron chi connectivity index (χ3n) is 8.09. The molecule has 8 aromatic rings. The quantitative estimate of drug-likeness (QED) is 0.110. The molecule has 0 spiro atoms. The Balaban J connectivity index is 0.00000232. The maximum atomic E-state index is 6.31. The van der Waals surface area contributed by atoms with Gasteiger partial charge in [0.05, 0.1) is 0 Å². The van der Waals surface area contributed by atoms with Crippen LogP contribution in [0.4, 0.5) is 0 Å². The Morgan fingerprint density at radius 3 is 1.46 bits per heavy atom. The number of aromatic nitrogens is 7. The average molecular weight is 865 g/mol. The molecule has 0 bridgehead atoms. The summed E-state index contributed by atoms with van der Waals surface area (Å²) in [5.74, 6) is 2.93. The number of ether oxygens (including phenoxy) is 2. The first-order valence-electron chi connectivity index (χ1n) is 16.1. The largest absolute Gasteiger partial charge is 2.00 e. The first kappa shape index (κ1) is 36.6. The number of hydrogen-bond acceptors (Lipinski definition) is 8. The number of pyridine rings is 2. The van der Waals surface area contributed by atoms with Gasteiger partial charge in [-0.15, -0.1) is 92.2 Å². The molecule has 8 rings (SSSR count). The van der Waals surface area contributed by atoms with E-state index in [1.165, 1.54) is 0 Å². The molecule has 0 atom stereocenters. The fourth-order valence-corrected chi connectivity index (χ4v) is 5.62. The van der Waals surface area contributed by atoms with Crippen molar-refractivity contribution in [2.75, 3.05) is 0 Å². The number of fused-ring (bicyclic) bond motifs is 3. The molecular formula is C41H29N7O2Pd2. The monoisotopic (exact) mass is 863 g/mol. The van der Waals surface area contributed by atoms with Crippen molar-refractivity contribution >= 4 is 21.8 Å². The van der Waals surface area contributed by atoms with E-state index in [9.17, 15) is 0 Å². The Morgan fingerprint density at radius 2 is 1.02 bits per heavy atom. The van der Waals surface area contributed by atoms with E-state index in [-0.39, 0.29) is 52.7 Å². The molecule has 9 nitrogen and oxygen atoms in total. The van der Waals surface area contributed by atoms with Gasteiger partial charge in [0.25, 0.3) is 5.95 Å². The summed E-state index contributed by atoms with van der Waals surface area (Å²) in [4.78, 5) is 9.00. The molecule has 0 unspecified atom stereocenters. The number of nitrogens with zero attached hydrogens (tertiary/aromatic N) is 7. The summed E-state index contributed by atoms with van der Waals surface area (Å²) >= 11 is 0. The second kappa shape index (κ2) is 15.6. The molecule has 0 aliphatic rings. The first-order valence-corrected chi connectivity index (χ1v) is 16.1. The minimum Gasteiger partial charge on any atom is -0.503 e. The molecule has 4 aromatic carbocycles. The van der Waals surface area contributed by atoms with Crippen LogP contribution >= 0.6 is 0 Å². The Morgan fingerprint density at radius 1 is 0.558 bits per heavy atom. The fourth-order valence-electron chi connectivity index (χ4n) is 5.62. The first-order chi connectivity index (χ1) is 24.4. The second-order valence-corrected chi connectivity index (χ2v) is 12.2. The van der Waals surface area contributed by atoms with Gasteiger partial charge in [-0.2, -0.15) is 22.9 Å². The molecule has 0 N–H and O–H groups in total. The SMILES string of the molecule is Cc1ccnc(-c2[c-]c(Oc3[c-]c4c(cc3)c3ccc(Oc5[c-]c(-c6cc(C)ccn6)ccc5)[c-]c3n4-c3nnc(C(C)C)nn3)ccc2)c1.[Pd+2].[Pd+2]. The zero-order valence-electron chi connectivity index (χ0n) is 28.4. The van der Waals surface area contributed by atoms with Crippen LogP contribution < -0.4 is 9.47 Å². The van der Waals surface area contributed by atoms with Crippen molar-refractivity contribution in [3.8, 4) is 51.5 Å². The zero-order chi connectivity index (χ0) is 34.2. The standard InChI is InChI=1S/C41H29N7O2.2Pd/c1-25(2)40-44-46-41(47-45-40)48-38-23-32(49-30-9-5-7-28(21-30)36-19-26(3)15-17-42-36)11-13-34(38)35-14-12-33(24-39(35)48)50-31-10-6-8-29(22-31)37-20-27(4)16-18-43-37;;/h5-20,25H,1-4H3;;/q-4;2*+2. The maximum Gasteiger partial charge on any atom is 2.00 e. The molecule has 260 valence electrons. The van der Waals surface area contributed by atoms with Crippen LogP contribution in [0.5, 0.6) is 23.0 Å². The van der Waals surface area contributed by atoms with E-state index in [2.05, 4.69) is 54.6 Å². The predicted molar refractivity (Wildman–Crippen MR) is 190 cm³/mol. The van der Waals surface area contributed by atoms with Crippen molar-refractivity contribution in [2.45, 2.75) is 33.6 Å². The third-order valence-corrected chi connectivity index (χ3v) is 8.09. The van der Waals surface area contributed by atoms with Gasteiger partial charge in [-0.3, -0.25) is 0 Å². The van der Waals surface area contributed by atoms with Gasteiger partial charge in [0.15, 0.2) is 5.82 Å². The summed E-state index contributed by atoms with van der Waals surface area (Å²) in [6.07, 6.45) is 3.58. The molecule has 0 saturated carbocycles. The van der Waals surface area contributed by atoms with E-state index in [1.54, 1.807) is 12.4 Å². The van der Waals surface area contributed by atoms with E-state index in [1.807, 2.05) is 117 Å². The average Bonchev–Trinajstić information content (AvgIpc) is 3.44. The van der Waals surface area contributed by atoms with E-state index >= 15 is 0 Å². The molecule has 0 fully saturated rings. The van der Waals surface area contributed by atoms with E-state index in [4.69, 9.17) is 9.47 Å². The zero-order valence-corrected chi connectivity index (χ0v) is 31.5. The van der Waals surface area contributed by atoms with Gasteiger partial charge in [0, 0.05) is 41.3 Å². The van der Waals surface area contributed by atoms with Crippen LogP contribution in [0.1, 0.15) is 36.7 Å². The number of rotatable bonds is 8. The fraction of sp³-hybridized carbons (Fsp3) is 0.122. The van der Waals surface area contributed by atoms with E-state index in [0.29, 0.717) is 39.9 Å². The Labute approximate surface area is 328 Å². The van der Waals surface area contributed by atoms with Crippen molar-refractivity contribution in [1.29, 1.82) is 0 Å². The minimum absolute atomic E-state index is 0. The summed E-state index contributed by atoms with van der Waals surface area (Å²) in [6, 6.07) is 40.7.